The highest BCUT2D eigenvalue weighted by Gasteiger charge is 2.05. The summed E-state index contributed by atoms with van der Waals surface area (Å²) in [4.78, 5) is 4.19. The number of hydrogen-bond donors (Lipinski definition) is 1. The summed E-state index contributed by atoms with van der Waals surface area (Å²) < 4.78 is 1.74. The Morgan fingerprint density at radius 3 is 2.64 bits per heavy atom. The highest BCUT2D eigenvalue weighted by Crippen LogP contribution is 2.22. The zero-order valence-electron chi connectivity index (χ0n) is 8.23. The lowest BCUT2D eigenvalue weighted by Gasteiger charge is -2.01. The van der Waals surface area contributed by atoms with Crippen LogP contribution >= 0.6 is 0 Å². The van der Waals surface area contributed by atoms with E-state index >= 15 is 0 Å². The van der Waals surface area contributed by atoms with Crippen molar-refractivity contribution in [3.8, 4) is 11.3 Å². The van der Waals surface area contributed by atoms with Crippen molar-refractivity contribution in [2.45, 2.75) is 6.92 Å². The van der Waals surface area contributed by atoms with Gasteiger partial charge >= 0.3 is 0 Å². The van der Waals surface area contributed by atoms with Crippen molar-refractivity contribution >= 4 is 5.82 Å². The van der Waals surface area contributed by atoms with E-state index < -0.39 is 0 Å². The van der Waals surface area contributed by atoms with Crippen LogP contribution in [0.1, 0.15) is 5.69 Å². The van der Waals surface area contributed by atoms with Crippen molar-refractivity contribution in [1.29, 1.82) is 0 Å². The van der Waals surface area contributed by atoms with Crippen molar-refractivity contribution < 1.29 is 0 Å². The maximum Gasteiger partial charge on any atom is 0.133 e. The molecule has 0 aliphatic heterocycles. The molecular formula is C10H12N4. The predicted octanol–water partition coefficient (Wildman–Crippen LogP) is 1.37. The fourth-order valence-corrected chi connectivity index (χ4v) is 1.35. The fraction of sp³-hybridized carbons (Fsp3) is 0.200. The van der Waals surface area contributed by atoms with E-state index in [4.69, 9.17) is 5.73 Å². The molecule has 2 N–H and O–H groups in total. The summed E-state index contributed by atoms with van der Waals surface area (Å²) in [6, 6.07) is 5.79. The van der Waals surface area contributed by atoms with Gasteiger partial charge < -0.3 is 5.73 Å². The molecule has 0 saturated heterocycles. The maximum absolute atomic E-state index is 5.80. The number of nitrogens with two attached hydrogens (primary N) is 1. The normalized spacial score (nSPS) is 10.4. The molecule has 0 unspecified atom stereocenters. The first-order valence-electron chi connectivity index (χ1n) is 4.40. The van der Waals surface area contributed by atoms with E-state index in [1.165, 1.54) is 0 Å². The fourth-order valence-electron chi connectivity index (χ4n) is 1.35. The van der Waals surface area contributed by atoms with E-state index in [9.17, 15) is 0 Å². The van der Waals surface area contributed by atoms with Crippen LogP contribution in [0.2, 0.25) is 0 Å². The average Bonchev–Trinajstić information content (AvgIpc) is 2.51. The quantitative estimate of drug-likeness (QED) is 0.735. The summed E-state index contributed by atoms with van der Waals surface area (Å²) in [5, 5.41) is 4.27. The van der Waals surface area contributed by atoms with Gasteiger partial charge in [0.2, 0.25) is 0 Å². The second-order valence-corrected chi connectivity index (χ2v) is 3.26. The van der Waals surface area contributed by atoms with Crippen molar-refractivity contribution in [3.63, 3.8) is 0 Å². The summed E-state index contributed by atoms with van der Waals surface area (Å²) >= 11 is 0. The summed E-state index contributed by atoms with van der Waals surface area (Å²) in [5.41, 5.74) is 8.47. The van der Waals surface area contributed by atoms with E-state index in [1.807, 2.05) is 38.4 Å². The van der Waals surface area contributed by atoms with Crippen LogP contribution < -0.4 is 5.73 Å². The highest BCUT2D eigenvalue weighted by atomic mass is 15.2. The Balaban J connectivity index is 2.52. The van der Waals surface area contributed by atoms with Crippen molar-refractivity contribution in [2.24, 2.45) is 7.05 Å². The van der Waals surface area contributed by atoms with Gasteiger partial charge in [-0.1, -0.05) is 0 Å². The largest absolute Gasteiger partial charge is 0.383 e. The molecule has 0 aliphatic carbocycles. The van der Waals surface area contributed by atoms with Crippen LogP contribution in [0.4, 0.5) is 5.82 Å². The Morgan fingerprint density at radius 1 is 1.29 bits per heavy atom. The molecule has 0 fully saturated rings. The minimum atomic E-state index is 0.531. The first kappa shape index (κ1) is 8.74. The Bertz CT molecular complexity index is 459. The molecular weight excluding hydrogens is 176 g/mol. The molecule has 0 saturated carbocycles. The van der Waals surface area contributed by atoms with Crippen molar-refractivity contribution in [3.05, 3.63) is 30.1 Å². The molecule has 4 heteroatoms. The van der Waals surface area contributed by atoms with Gasteiger partial charge in [0.25, 0.3) is 0 Å². The van der Waals surface area contributed by atoms with Crippen LogP contribution in [0.15, 0.2) is 24.4 Å². The van der Waals surface area contributed by atoms with Gasteiger partial charge in [0.05, 0.1) is 5.69 Å². The van der Waals surface area contributed by atoms with Gasteiger partial charge in [-0.25, -0.2) is 4.98 Å². The Labute approximate surface area is 82.4 Å². The molecule has 72 valence electrons. The lowest BCUT2D eigenvalue weighted by atomic mass is 10.2. The minimum absolute atomic E-state index is 0.531. The molecule has 2 rings (SSSR count). The van der Waals surface area contributed by atoms with Crippen molar-refractivity contribution in [2.75, 3.05) is 5.73 Å². The second-order valence-electron chi connectivity index (χ2n) is 3.26. The number of hydrogen-bond acceptors (Lipinski definition) is 3. The number of pyridine rings is 1. The first-order valence-corrected chi connectivity index (χ1v) is 4.40. The van der Waals surface area contributed by atoms with Gasteiger partial charge in [0, 0.05) is 24.5 Å². The molecule has 0 radical (unpaired) electrons. The molecule has 0 spiro atoms. The molecule has 14 heavy (non-hydrogen) atoms. The minimum Gasteiger partial charge on any atom is -0.383 e. The van der Waals surface area contributed by atoms with Crippen molar-refractivity contribution in [1.82, 2.24) is 14.8 Å². The lowest BCUT2D eigenvalue weighted by molar-refractivity contribution is 0.771. The smallest absolute Gasteiger partial charge is 0.133 e. The SMILES string of the molecule is Cc1ccc(-c2ccn(C)n2)c(N)n1. The molecule has 0 bridgehead atoms. The molecule has 2 aromatic rings. The molecule has 0 atom stereocenters. The Hall–Kier alpha value is -1.84. The number of aromatic nitrogens is 3. The zero-order valence-corrected chi connectivity index (χ0v) is 8.23. The number of anilines is 1. The maximum atomic E-state index is 5.80. The van der Waals surface area contributed by atoms with Gasteiger partial charge in [-0.15, -0.1) is 0 Å². The van der Waals surface area contributed by atoms with E-state index in [-0.39, 0.29) is 0 Å². The predicted molar refractivity (Wildman–Crippen MR) is 55.6 cm³/mol. The summed E-state index contributed by atoms with van der Waals surface area (Å²) in [5.74, 6) is 0.531. The van der Waals surface area contributed by atoms with Gasteiger partial charge in [-0.05, 0) is 25.1 Å². The third kappa shape index (κ3) is 1.46. The molecule has 2 aromatic heterocycles. The number of nitrogen functional groups attached to an aromatic ring is 1. The molecule has 0 aromatic carbocycles. The van der Waals surface area contributed by atoms with Gasteiger partial charge in [-0.3, -0.25) is 4.68 Å². The summed E-state index contributed by atoms with van der Waals surface area (Å²) in [7, 11) is 1.88. The number of nitrogens with zero attached hydrogens (tertiary/aromatic N) is 3. The monoisotopic (exact) mass is 188 g/mol. The van der Waals surface area contributed by atoms with E-state index in [0.717, 1.165) is 17.0 Å². The van der Waals surface area contributed by atoms with Crippen LogP contribution in [-0.2, 0) is 7.05 Å². The third-order valence-corrected chi connectivity index (χ3v) is 2.05. The molecule has 0 amide bonds. The standard InChI is InChI=1S/C10H12N4/c1-7-3-4-8(10(11)12-7)9-5-6-14(2)13-9/h3-6H,1-2H3,(H2,11,12). The Kier molecular flexibility index (Phi) is 1.96. The number of rotatable bonds is 1. The summed E-state index contributed by atoms with van der Waals surface area (Å²) in [6.45, 7) is 1.92. The van der Waals surface area contributed by atoms with E-state index in [2.05, 4.69) is 10.1 Å². The third-order valence-electron chi connectivity index (χ3n) is 2.05. The molecule has 4 nitrogen and oxygen atoms in total. The first-order chi connectivity index (χ1) is 6.66. The van der Waals surface area contributed by atoms with Gasteiger partial charge in [0.1, 0.15) is 5.82 Å². The van der Waals surface area contributed by atoms with Crippen LogP contribution in [-0.4, -0.2) is 14.8 Å². The van der Waals surface area contributed by atoms with Crippen LogP contribution in [0, 0.1) is 6.92 Å². The Morgan fingerprint density at radius 2 is 2.07 bits per heavy atom. The van der Waals surface area contributed by atoms with Crippen LogP contribution in [0.25, 0.3) is 11.3 Å². The number of aryl methyl sites for hydroxylation is 2. The van der Waals surface area contributed by atoms with Crippen LogP contribution in [0.3, 0.4) is 0 Å². The average molecular weight is 188 g/mol. The lowest BCUT2D eigenvalue weighted by Crippen LogP contribution is -1.96. The van der Waals surface area contributed by atoms with Gasteiger partial charge in [0.15, 0.2) is 0 Å². The van der Waals surface area contributed by atoms with E-state index in [1.54, 1.807) is 4.68 Å². The van der Waals surface area contributed by atoms with E-state index in [0.29, 0.717) is 5.82 Å². The zero-order chi connectivity index (χ0) is 10.1. The highest BCUT2D eigenvalue weighted by molar-refractivity contribution is 5.70. The van der Waals surface area contributed by atoms with Gasteiger partial charge in [-0.2, -0.15) is 5.10 Å². The molecule has 2 heterocycles. The summed E-state index contributed by atoms with van der Waals surface area (Å²) in [6.07, 6.45) is 1.88. The molecule has 0 aliphatic rings. The second kappa shape index (κ2) is 3.14. The topological polar surface area (TPSA) is 56.7 Å². The van der Waals surface area contributed by atoms with Crippen LogP contribution in [0.5, 0.6) is 0 Å².